The van der Waals surface area contributed by atoms with E-state index >= 15 is 0 Å². The lowest BCUT2D eigenvalue weighted by atomic mass is 10.1. The number of fused-ring (bicyclic) bond motifs is 1. The van der Waals surface area contributed by atoms with Crippen LogP contribution in [0.2, 0.25) is 0 Å². The molecule has 0 atom stereocenters. The number of anilines is 1. The van der Waals surface area contributed by atoms with Crippen molar-refractivity contribution in [3.8, 4) is 0 Å². The lowest BCUT2D eigenvalue weighted by Gasteiger charge is -2.15. The molecule has 1 saturated heterocycles. The van der Waals surface area contributed by atoms with Gasteiger partial charge in [0.1, 0.15) is 0 Å². The second kappa shape index (κ2) is 6.72. The third-order valence-electron chi connectivity index (χ3n) is 4.84. The number of carbonyl (C=O) groups is 3. The Morgan fingerprint density at radius 2 is 1.78 bits per heavy atom. The minimum atomic E-state index is -0.486. The van der Waals surface area contributed by atoms with Crippen LogP contribution in [0, 0.1) is 0 Å². The number of ether oxygens (including phenoxy) is 1. The predicted octanol–water partition coefficient (Wildman–Crippen LogP) is 3.24. The summed E-state index contributed by atoms with van der Waals surface area (Å²) >= 11 is 0. The smallest absolute Gasteiger partial charge is 0.340 e. The monoisotopic (exact) mass is 362 g/mol. The first-order valence-corrected chi connectivity index (χ1v) is 8.73. The number of hydrogen-bond donors (Lipinski definition) is 0. The van der Waals surface area contributed by atoms with Gasteiger partial charge in [0.2, 0.25) is 5.91 Å². The van der Waals surface area contributed by atoms with Crippen molar-refractivity contribution in [1.82, 2.24) is 4.57 Å². The van der Waals surface area contributed by atoms with Gasteiger partial charge in [0.15, 0.2) is 0 Å². The van der Waals surface area contributed by atoms with Gasteiger partial charge < -0.3 is 9.64 Å². The van der Waals surface area contributed by atoms with Crippen LogP contribution in [0.3, 0.4) is 0 Å². The summed E-state index contributed by atoms with van der Waals surface area (Å²) in [7, 11) is 1.31. The van der Waals surface area contributed by atoms with E-state index in [1.54, 1.807) is 41.3 Å². The fourth-order valence-electron chi connectivity index (χ4n) is 3.46. The standard InChI is InChI=1S/C21H18N2O4/c1-27-21(26)17-13-23(18-6-3-2-5-16(17)18)20(25)14-8-10-15(11-9-14)22-12-4-7-19(22)24/h2-3,5-6,8-11,13H,4,7,12H2,1H3. The molecule has 27 heavy (non-hydrogen) atoms. The molecular formula is C21H18N2O4. The Kier molecular flexibility index (Phi) is 4.24. The molecule has 1 fully saturated rings. The van der Waals surface area contributed by atoms with Crippen LogP contribution in [-0.2, 0) is 9.53 Å². The zero-order valence-electron chi connectivity index (χ0n) is 14.8. The molecule has 6 nitrogen and oxygen atoms in total. The normalized spacial score (nSPS) is 14.0. The highest BCUT2D eigenvalue weighted by atomic mass is 16.5. The SMILES string of the molecule is COC(=O)c1cn(C(=O)c2ccc(N3CCCC3=O)cc2)c2ccccc12. The van der Waals surface area contributed by atoms with E-state index in [1.807, 2.05) is 12.1 Å². The third-order valence-corrected chi connectivity index (χ3v) is 4.84. The lowest BCUT2D eigenvalue weighted by molar-refractivity contribution is -0.117. The first-order chi connectivity index (χ1) is 13.1. The molecular weight excluding hydrogens is 344 g/mol. The molecule has 0 radical (unpaired) electrons. The molecule has 0 unspecified atom stereocenters. The Hall–Kier alpha value is -3.41. The highest BCUT2D eigenvalue weighted by Gasteiger charge is 2.23. The second-order valence-corrected chi connectivity index (χ2v) is 6.42. The Bertz CT molecular complexity index is 1050. The van der Waals surface area contributed by atoms with Gasteiger partial charge in [-0.15, -0.1) is 0 Å². The summed E-state index contributed by atoms with van der Waals surface area (Å²) < 4.78 is 6.28. The molecule has 2 aromatic carbocycles. The van der Waals surface area contributed by atoms with Crippen molar-refractivity contribution in [2.45, 2.75) is 12.8 Å². The summed E-state index contributed by atoms with van der Waals surface area (Å²) in [5.74, 6) is -0.630. The third kappa shape index (κ3) is 2.89. The summed E-state index contributed by atoms with van der Waals surface area (Å²) in [6, 6.07) is 14.2. The molecule has 1 aliphatic rings. The molecule has 0 N–H and O–H groups in total. The fourth-order valence-corrected chi connectivity index (χ4v) is 3.46. The van der Waals surface area contributed by atoms with Crippen molar-refractivity contribution in [1.29, 1.82) is 0 Å². The maximum absolute atomic E-state index is 13.0. The first-order valence-electron chi connectivity index (χ1n) is 8.73. The van der Waals surface area contributed by atoms with Crippen LogP contribution in [0.25, 0.3) is 10.9 Å². The van der Waals surface area contributed by atoms with Crippen LogP contribution in [0.4, 0.5) is 5.69 Å². The number of nitrogens with zero attached hydrogens (tertiary/aromatic N) is 2. The Balaban J connectivity index is 1.71. The number of hydrogen-bond acceptors (Lipinski definition) is 4. The lowest BCUT2D eigenvalue weighted by Crippen LogP contribution is -2.23. The van der Waals surface area contributed by atoms with Crippen molar-refractivity contribution in [3.63, 3.8) is 0 Å². The van der Waals surface area contributed by atoms with E-state index in [9.17, 15) is 14.4 Å². The van der Waals surface area contributed by atoms with Crippen LogP contribution in [0.15, 0.2) is 54.7 Å². The topological polar surface area (TPSA) is 68.6 Å². The van der Waals surface area contributed by atoms with Crippen molar-refractivity contribution in [2.75, 3.05) is 18.6 Å². The van der Waals surface area contributed by atoms with Crippen LogP contribution in [-0.4, -0.2) is 36.0 Å². The molecule has 6 heteroatoms. The number of benzene rings is 2. The molecule has 136 valence electrons. The fraction of sp³-hybridized carbons (Fsp3) is 0.190. The number of esters is 1. The molecule has 1 aromatic heterocycles. The highest BCUT2D eigenvalue weighted by molar-refractivity contribution is 6.10. The number of methoxy groups -OCH3 is 1. The average molecular weight is 362 g/mol. The molecule has 1 amide bonds. The van der Waals surface area contributed by atoms with Crippen LogP contribution in [0.1, 0.15) is 33.6 Å². The van der Waals surface area contributed by atoms with E-state index in [4.69, 9.17) is 4.74 Å². The molecule has 0 aliphatic carbocycles. The van der Waals surface area contributed by atoms with Gasteiger partial charge in [-0.3, -0.25) is 14.2 Å². The number of rotatable bonds is 3. The second-order valence-electron chi connectivity index (χ2n) is 6.42. The summed E-state index contributed by atoms with van der Waals surface area (Å²) in [5, 5.41) is 0.664. The van der Waals surface area contributed by atoms with Gasteiger partial charge in [-0.05, 0) is 36.8 Å². The Labute approximate surface area is 155 Å². The molecule has 4 rings (SSSR count). The van der Waals surface area contributed by atoms with Crippen LogP contribution >= 0.6 is 0 Å². The predicted molar refractivity (Wildman–Crippen MR) is 101 cm³/mol. The van der Waals surface area contributed by atoms with Crippen molar-refractivity contribution < 1.29 is 19.1 Å². The molecule has 2 heterocycles. The quantitative estimate of drug-likeness (QED) is 0.671. The highest BCUT2D eigenvalue weighted by Crippen LogP contribution is 2.25. The van der Waals surface area contributed by atoms with E-state index in [2.05, 4.69) is 0 Å². The van der Waals surface area contributed by atoms with E-state index in [1.165, 1.54) is 17.9 Å². The van der Waals surface area contributed by atoms with Gasteiger partial charge in [-0.25, -0.2) is 4.79 Å². The maximum Gasteiger partial charge on any atom is 0.340 e. The summed E-state index contributed by atoms with van der Waals surface area (Å²) in [6.07, 6.45) is 2.92. The molecule has 0 spiro atoms. The van der Waals surface area contributed by atoms with Gasteiger partial charge in [0, 0.05) is 35.8 Å². The van der Waals surface area contributed by atoms with Crippen molar-refractivity contribution in [2.24, 2.45) is 0 Å². The van der Waals surface area contributed by atoms with Crippen molar-refractivity contribution >= 4 is 34.4 Å². The molecule has 0 saturated carbocycles. The van der Waals surface area contributed by atoms with Gasteiger partial charge in [0.05, 0.1) is 18.2 Å². The van der Waals surface area contributed by atoms with Crippen LogP contribution in [0.5, 0.6) is 0 Å². The minimum Gasteiger partial charge on any atom is -0.465 e. The van der Waals surface area contributed by atoms with Crippen molar-refractivity contribution in [3.05, 3.63) is 65.9 Å². The van der Waals surface area contributed by atoms with Gasteiger partial charge >= 0.3 is 5.97 Å². The largest absolute Gasteiger partial charge is 0.465 e. The first kappa shape index (κ1) is 17.0. The van der Waals surface area contributed by atoms with E-state index in [0.717, 1.165) is 12.1 Å². The van der Waals surface area contributed by atoms with E-state index in [-0.39, 0.29) is 11.8 Å². The number of aromatic nitrogens is 1. The van der Waals surface area contributed by atoms with Gasteiger partial charge in [0.25, 0.3) is 5.91 Å². The van der Waals surface area contributed by atoms with E-state index in [0.29, 0.717) is 35.0 Å². The molecule has 1 aliphatic heterocycles. The summed E-state index contributed by atoms with van der Waals surface area (Å²) in [4.78, 5) is 38.6. The molecule has 3 aromatic rings. The van der Waals surface area contributed by atoms with Crippen LogP contribution < -0.4 is 4.90 Å². The number of amides is 1. The average Bonchev–Trinajstić information content (AvgIpc) is 3.31. The Morgan fingerprint density at radius 3 is 2.44 bits per heavy atom. The molecule has 0 bridgehead atoms. The zero-order chi connectivity index (χ0) is 19.0. The van der Waals surface area contributed by atoms with Gasteiger partial charge in [-0.2, -0.15) is 0 Å². The summed E-state index contributed by atoms with van der Waals surface area (Å²) in [5.41, 5.74) is 2.26. The van der Waals surface area contributed by atoms with Gasteiger partial charge in [-0.1, -0.05) is 18.2 Å². The number of carbonyl (C=O) groups excluding carboxylic acids is 3. The zero-order valence-corrected chi connectivity index (χ0v) is 14.8. The van der Waals surface area contributed by atoms with E-state index < -0.39 is 5.97 Å². The minimum absolute atomic E-state index is 0.105. The summed E-state index contributed by atoms with van der Waals surface area (Å²) in [6.45, 7) is 0.705. The Morgan fingerprint density at radius 1 is 1.04 bits per heavy atom. The number of para-hydroxylation sites is 1. The maximum atomic E-state index is 13.0.